The molecule has 0 aliphatic heterocycles. The summed E-state index contributed by atoms with van der Waals surface area (Å²) in [5, 5.41) is 0. The van der Waals surface area contributed by atoms with Crippen LogP contribution in [0.3, 0.4) is 0 Å². The van der Waals surface area contributed by atoms with Crippen LogP contribution in [0.25, 0.3) is 0 Å². The first-order valence-corrected chi connectivity index (χ1v) is 7.95. The van der Waals surface area contributed by atoms with E-state index in [-0.39, 0.29) is 10.5 Å². The molecular formula is C14H19NO6S. The molecule has 0 aliphatic carbocycles. The van der Waals surface area contributed by atoms with Crippen molar-refractivity contribution in [3.63, 3.8) is 0 Å². The lowest BCUT2D eigenvalue weighted by molar-refractivity contribution is -0.141. The van der Waals surface area contributed by atoms with E-state index in [9.17, 15) is 18.0 Å². The number of sulfonamides is 1. The maximum atomic E-state index is 12.7. The molecule has 8 heteroatoms. The summed E-state index contributed by atoms with van der Waals surface area (Å²) in [5.41, 5.74) is 0.116. The molecule has 0 radical (unpaired) electrons. The molecule has 0 bridgehead atoms. The Bertz CT molecular complexity index is 653. The van der Waals surface area contributed by atoms with E-state index in [1.165, 1.54) is 38.5 Å². The van der Waals surface area contributed by atoms with Gasteiger partial charge < -0.3 is 9.47 Å². The van der Waals surface area contributed by atoms with Crippen LogP contribution < -0.4 is 0 Å². The van der Waals surface area contributed by atoms with E-state index >= 15 is 0 Å². The standard InChI is InChI=1S/C14H19NO6S/c1-10(2)15(9-13(16)20-3)22(18,19)12-7-5-6-11(8-12)14(17)21-4/h5-8,10H,9H2,1-4H3. The van der Waals surface area contributed by atoms with Gasteiger partial charge in [0, 0.05) is 6.04 Å². The SMILES string of the molecule is COC(=O)CN(C(C)C)S(=O)(=O)c1cccc(C(=O)OC)c1. The summed E-state index contributed by atoms with van der Waals surface area (Å²) < 4.78 is 35.4. The lowest BCUT2D eigenvalue weighted by atomic mass is 10.2. The highest BCUT2D eigenvalue weighted by Gasteiger charge is 2.29. The first kappa shape index (κ1) is 18.1. The number of esters is 2. The number of carbonyl (C=O) groups is 2. The molecule has 0 N–H and O–H groups in total. The largest absolute Gasteiger partial charge is 0.468 e. The molecule has 0 saturated heterocycles. The average Bonchev–Trinajstić information content (AvgIpc) is 2.50. The van der Waals surface area contributed by atoms with Crippen molar-refractivity contribution < 1.29 is 27.5 Å². The van der Waals surface area contributed by atoms with Gasteiger partial charge in [0.15, 0.2) is 0 Å². The molecule has 0 aromatic heterocycles. The van der Waals surface area contributed by atoms with Gasteiger partial charge >= 0.3 is 11.9 Å². The summed E-state index contributed by atoms with van der Waals surface area (Å²) in [6, 6.07) is 5.01. The van der Waals surface area contributed by atoms with E-state index in [0.29, 0.717) is 0 Å². The number of rotatable bonds is 6. The predicted molar refractivity (Wildman–Crippen MR) is 78.8 cm³/mol. The van der Waals surface area contributed by atoms with Crippen molar-refractivity contribution in [2.24, 2.45) is 0 Å². The Balaban J connectivity index is 3.25. The van der Waals surface area contributed by atoms with Gasteiger partial charge in [-0.1, -0.05) is 6.07 Å². The van der Waals surface area contributed by atoms with Crippen LogP contribution in [0.4, 0.5) is 0 Å². The highest BCUT2D eigenvalue weighted by Crippen LogP contribution is 2.19. The fourth-order valence-electron chi connectivity index (χ4n) is 1.77. The van der Waals surface area contributed by atoms with E-state index in [1.807, 2.05) is 0 Å². The van der Waals surface area contributed by atoms with Crippen LogP contribution in [0.2, 0.25) is 0 Å². The normalized spacial score (nSPS) is 11.5. The third kappa shape index (κ3) is 4.05. The molecule has 0 spiro atoms. The van der Waals surface area contributed by atoms with Gasteiger partial charge in [-0.15, -0.1) is 0 Å². The smallest absolute Gasteiger partial charge is 0.337 e. The Morgan fingerprint density at radius 2 is 1.82 bits per heavy atom. The van der Waals surface area contributed by atoms with Gasteiger partial charge in [-0.25, -0.2) is 13.2 Å². The lowest BCUT2D eigenvalue weighted by Crippen LogP contribution is -2.41. The molecule has 0 saturated carbocycles. The van der Waals surface area contributed by atoms with E-state index in [0.717, 1.165) is 4.31 Å². The summed E-state index contributed by atoms with van der Waals surface area (Å²) in [6.45, 7) is 2.88. The number of benzene rings is 1. The van der Waals surface area contributed by atoms with Gasteiger partial charge in [0.05, 0.1) is 24.7 Å². The fourth-order valence-corrected chi connectivity index (χ4v) is 3.40. The third-order valence-corrected chi connectivity index (χ3v) is 4.97. The molecule has 0 fully saturated rings. The molecular weight excluding hydrogens is 310 g/mol. The second-order valence-corrected chi connectivity index (χ2v) is 6.63. The molecule has 0 unspecified atom stereocenters. The van der Waals surface area contributed by atoms with Crippen molar-refractivity contribution in [1.82, 2.24) is 4.31 Å². The summed E-state index contributed by atoms with van der Waals surface area (Å²) in [5.74, 6) is -1.30. The predicted octanol–water partition coefficient (Wildman–Crippen LogP) is 1.05. The van der Waals surface area contributed by atoms with Crippen molar-refractivity contribution in [2.45, 2.75) is 24.8 Å². The van der Waals surface area contributed by atoms with Crippen LogP contribution in [0.5, 0.6) is 0 Å². The number of hydrogen-bond donors (Lipinski definition) is 0. The third-order valence-electron chi connectivity index (χ3n) is 2.95. The van der Waals surface area contributed by atoms with Crippen molar-refractivity contribution >= 4 is 22.0 Å². The Morgan fingerprint density at radius 3 is 2.32 bits per heavy atom. The number of hydrogen-bond acceptors (Lipinski definition) is 6. The molecule has 0 aliphatic rings. The molecule has 122 valence electrons. The Hall–Kier alpha value is -1.93. The van der Waals surface area contributed by atoms with E-state index in [2.05, 4.69) is 9.47 Å². The van der Waals surface area contributed by atoms with Gasteiger partial charge in [-0.2, -0.15) is 4.31 Å². The monoisotopic (exact) mass is 329 g/mol. The number of nitrogens with zero attached hydrogens (tertiary/aromatic N) is 1. The van der Waals surface area contributed by atoms with Crippen molar-refractivity contribution in [1.29, 1.82) is 0 Å². The highest BCUT2D eigenvalue weighted by molar-refractivity contribution is 7.89. The highest BCUT2D eigenvalue weighted by atomic mass is 32.2. The maximum absolute atomic E-state index is 12.7. The molecule has 1 aromatic carbocycles. The van der Waals surface area contributed by atoms with E-state index < -0.39 is 34.5 Å². The zero-order valence-electron chi connectivity index (χ0n) is 12.9. The fraction of sp³-hybridized carbons (Fsp3) is 0.429. The van der Waals surface area contributed by atoms with Crippen LogP contribution in [-0.2, 0) is 24.3 Å². The van der Waals surface area contributed by atoms with Crippen molar-refractivity contribution in [3.8, 4) is 0 Å². The van der Waals surface area contributed by atoms with E-state index in [1.54, 1.807) is 13.8 Å². The minimum Gasteiger partial charge on any atom is -0.468 e. The van der Waals surface area contributed by atoms with Crippen LogP contribution in [0.1, 0.15) is 24.2 Å². The number of ether oxygens (including phenoxy) is 2. The summed E-state index contributed by atoms with van der Waals surface area (Å²) in [7, 11) is -1.55. The Morgan fingerprint density at radius 1 is 1.18 bits per heavy atom. The van der Waals surface area contributed by atoms with Crippen LogP contribution in [0, 0.1) is 0 Å². The van der Waals surface area contributed by atoms with E-state index in [4.69, 9.17) is 0 Å². The molecule has 1 rings (SSSR count). The minimum absolute atomic E-state index is 0.0898. The first-order chi connectivity index (χ1) is 10.2. The van der Waals surface area contributed by atoms with Gasteiger partial charge in [0.25, 0.3) is 0 Å². The Labute approximate surface area is 129 Å². The quantitative estimate of drug-likeness (QED) is 0.725. The zero-order chi connectivity index (χ0) is 16.9. The number of methoxy groups -OCH3 is 2. The minimum atomic E-state index is -3.95. The van der Waals surface area contributed by atoms with Crippen molar-refractivity contribution in [3.05, 3.63) is 29.8 Å². The Kier molecular flexibility index (Phi) is 6.07. The zero-order valence-corrected chi connectivity index (χ0v) is 13.7. The first-order valence-electron chi connectivity index (χ1n) is 6.51. The summed E-state index contributed by atoms with van der Waals surface area (Å²) >= 11 is 0. The molecule has 7 nitrogen and oxygen atoms in total. The average molecular weight is 329 g/mol. The van der Waals surface area contributed by atoms with Gasteiger partial charge in [-0.3, -0.25) is 4.79 Å². The van der Waals surface area contributed by atoms with Gasteiger partial charge in [0.1, 0.15) is 6.54 Å². The summed E-state index contributed by atoms with van der Waals surface area (Å²) in [4.78, 5) is 22.8. The van der Waals surface area contributed by atoms with Gasteiger partial charge in [-0.05, 0) is 32.0 Å². The second-order valence-electron chi connectivity index (χ2n) is 4.74. The summed E-state index contributed by atoms with van der Waals surface area (Å²) in [6.07, 6.45) is 0. The number of carbonyl (C=O) groups excluding carboxylic acids is 2. The van der Waals surface area contributed by atoms with Gasteiger partial charge in [0.2, 0.25) is 10.0 Å². The molecule has 0 atom stereocenters. The van der Waals surface area contributed by atoms with Crippen LogP contribution in [0.15, 0.2) is 29.2 Å². The lowest BCUT2D eigenvalue weighted by Gasteiger charge is -2.24. The second kappa shape index (κ2) is 7.37. The van der Waals surface area contributed by atoms with Crippen molar-refractivity contribution in [2.75, 3.05) is 20.8 Å². The maximum Gasteiger partial charge on any atom is 0.337 e. The molecule has 1 aromatic rings. The molecule has 0 heterocycles. The van der Waals surface area contributed by atoms with Crippen LogP contribution in [-0.4, -0.2) is 51.5 Å². The molecule has 22 heavy (non-hydrogen) atoms. The molecule has 0 amide bonds. The topological polar surface area (TPSA) is 90.0 Å². The van der Waals surface area contributed by atoms with Crippen LogP contribution >= 0.6 is 0 Å².